The zero-order valence-electron chi connectivity index (χ0n) is 20.9. The van der Waals surface area contributed by atoms with Gasteiger partial charge in [-0.3, -0.25) is 14.6 Å². The number of ether oxygens (including phenoxy) is 1. The Hall–Kier alpha value is -1.64. The molecule has 0 saturated carbocycles. The minimum atomic E-state index is 0. The van der Waals surface area contributed by atoms with Crippen LogP contribution in [0.4, 0.5) is 5.13 Å². The van der Waals surface area contributed by atoms with E-state index >= 15 is 0 Å². The van der Waals surface area contributed by atoms with Gasteiger partial charge in [0.1, 0.15) is 0 Å². The molecule has 190 valence electrons. The summed E-state index contributed by atoms with van der Waals surface area (Å²) in [5.74, 6) is 1.12. The lowest BCUT2D eigenvalue weighted by atomic mass is 10.1. The second-order valence-corrected chi connectivity index (χ2v) is 11.2. The molecule has 1 fully saturated rings. The maximum Gasteiger partial charge on any atom is 0.228 e. The molecular formula is C27H36ClN3O2S2. The zero-order valence-corrected chi connectivity index (χ0v) is 23.4. The van der Waals surface area contributed by atoms with E-state index in [-0.39, 0.29) is 18.3 Å². The fraction of sp³-hybridized carbons (Fsp3) is 0.481. The molecule has 4 rings (SSSR count). The summed E-state index contributed by atoms with van der Waals surface area (Å²) < 4.78 is 6.62. The number of halogens is 1. The minimum Gasteiger partial charge on any atom is -0.379 e. The van der Waals surface area contributed by atoms with E-state index in [1.54, 1.807) is 11.3 Å². The number of aryl methyl sites for hydroxylation is 3. The number of thioether (sulfide) groups is 1. The molecule has 1 amide bonds. The van der Waals surface area contributed by atoms with Gasteiger partial charge in [-0.1, -0.05) is 29.0 Å². The van der Waals surface area contributed by atoms with Crippen LogP contribution in [0.25, 0.3) is 10.2 Å². The second-order valence-electron chi connectivity index (χ2n) is 9.02. The number of thiazole rings is 1. The first-order chi connectivity index (χ1) is 16.5. The van der Waals surface area contributed by atoms with Crippen molar-refractivity contribution >= 4 is 56.8 Å². The number of amides is 1. The summed E-state index contributed by atoms with van der Waals surface area (Å²) in [6.07, 6.45) is 2.35. The van der Waals surface area contributed by atoms with E-state index < -0.39 is 0 Å². The summed E-state index contributed by atoms with van der Waals surface area (Å²) in [4.78, 5) is 23.8. The Morgan fingerprint density at radius 3 is 2.54 bits per heavy atom. The summed E-state index contributed by atoms with van der Waals surface area (Å²) in [6, 6.07) is 12.9. The number of hydrogen-bond donors (Lipinski definition) is 0. The van der Waals surface area contributed by atoms with Gasteiger partial charge in [0, 0.05) is 37.5 Å². The Morgan fingerprint density at radius 2 is 1.80 bits per heavy atom. The zero-order chi connectivity index (χ0) is 23.9. The monoisotopic (exact) mass is 533 g/mol. The number of anilines is 1. The molecule has 1 aliphatic heterocycles. The van der Waals surface area contributed by atoms with Crippen molar-refractivity contribution < 1.29 is 9.53 Å². The van der Waals surface area contributed by atoms with E-state index in [0.717, 1.165) is 66.8 Å². The molecule has 8 heteroatoms. The van der Waals surface area contributed by atoms with Crippen molar-refractivity contribution in [1.82, 2.24) is 9.88 Å². The second kappa shape index (κ2) is 13.6. The fourth-order valence-corrected chi connectivity index (χ4v) is 6.01. The average molecular weight is 534 g/mol. The lowest BCUT2D eigenvalue weighted by Gasteiger charge is -2.27. The van der Waals surface area contributed by atoms with Crippen LogP contribution >= 0.6 is 35.5 Å². The Bertz CT molecular complexity index is 1060. The van der Waals surface area contributed by atoms with Crippen LogP contribution in [0.15, 0.2) is 41.3 Å². The Morgan fingerprint density at radius 1 is 1.09 bits per heavy atom. The summed E-state index contributed by atoms with van der Waals surface area (Å²) >= 11 is 3.46. The molecule has 0 atom stereocenters. The minimum absolute atomic E-state index is 0. The van der Waals surface area contributed by atoms with Gasteiger partial charge in [-0.25, -0.2) is 4.98 Å². The summed E-state index contributed by atoms with van der Waals surface area (Å²) in [7, 11) is 0. The third kappa shape index (κ3) is 7.92. The van der Waals surface area contributed by atoms with Gasteiger partial charge in [0.15, 0.2) is 5.13 Å². The molecular weight excluding hydrogens is 498 g/mol. The van der Waals surface area contributed by atoms with E-state index in [2.05, 4.69) is 62.1 Å². The van der Waals surface area contributed by atoms with Crippen molar-refractivity contribution in [3.63, 3.8) is 0 Å². The van der Waals surface area contributed by atoms with Crippen molar-refractivity contribution in [2.45, 2.75) is 44.9 Å². The standard InChI is InChI=1S/C27H35N3O2S2.ClH/c1-20-7-9-23(10-8-20)33-17-4-6-26(31)30(12-5-11-29-13-15-32-16-14-29)27-28-24-18-21(2)22(3)19-25(24)34-27;/h7-10,18-19H,4-6,11-17H2,1-3H3;1H. The fourth-order valence-electron chi connectivity index (χ4n) is 4.07. The highest BCUT2D eigenvalue weighted by atomic mass is 35.5. The van der Waals surface area contributed by atoms with Gasteiger partial charge in [0.25, 0.3) is 0 Å². The molecule has 1 aliphatic rings. The first-order valence-electron chi connectivity index (χ1n) is 12.2. The number of hydrogen-bond acceptors (Lipinski definition) is 6. The van der Waals surface area contributed by atoms with Gasteiger partial charge in [-0.05, 0) is 74.8 Å². The molecule has 3 aromatic rings. The van der Waals surface area contributed by atoms with Gasteiger partial charge < -0.3 is 4.74 Å². The van der Waals surface area contributed by atoms with Crippen LogP contribution < -0.4 is 4.90 Å². The Labute approximate surface area is 223 Å². The molecule has 2 heterocycles. The predicted octanol–water partition coefficient (Wildman–Crippen LogP) is 6.27. The molecule has 0 unspecified atom stereocenters. The van der Waals surface area contributed by atoms with Crippen LogP contribution in [-0.4, -0.2) is 60.9 Å². The summed E-state index contributed by atoms with van der Waals surface area (Å²) in [5.41, 5.74) is 4.76. The predicted molar refractivity (Wildman–Crippen MR) is 152 cm³/mol. The highest BCUT2D eigenvalue weighted by molar-refractivity contribution is 7.99. The topological polar surface area (TPSA) is 45.7 Å². The maximum atomic E-state index is 13.3. The first-order valence-corrected chi connectivity index (χ1v) is 14.0. The molecule has 0 aliphatic carbocycles. The van der Waals surface area contributed by atoms with Crippen LogP contribution in [0.1, 0.15) is 36.0 Å². The third-order valence-electron chi connectivity index (χ3n) is 6.31. The molecule has 2 aromatic carbocycles. The lowest BCUT2D eigenvalue weighted by molar-refractivity contribution is -0.118. The smallest absolute Gasteiger partial charge is 0.228 e. The van der Waals surface area contributed by atoms with Crippen molar-refractivity contribution in [2.75, 3.05) is 50.0 Å². The quantitative estimate of drug-likeness (QED) is 0.227. The number of rotatable bonds is 10. The largest absolute Gasteiger partial charge is 0.379 e. The number of fused-ring (bicyclic) bond motifs is 1. The normalized spacial score (nSPS) is 14.1. The highest BCUT2D eigenvalue weighted by Crippen LogP contribution is 2.31. The van der Waals surface area contributed by atoms with E-state index in [4.69, 9.17) is 9.72 Å². The van der Waals surface area contributed by atoms with Crippen LogP contribution in [0.3, 0.4) is 0 Å². The van der Waals surface area contributed by atoms with Crippen LogP contribution in [0.5, 0.6) is 0 Å². The molecule has 5 nitrogen and oxygen atoms in total. The number of nitrogens with zero attached hydrogens (tertiary/aromatic N) is 3. The molecule has 1 aromatic heterocycles. The summed E-state index contributed by atoms with van der Waals surface area (Å²) in [6.45, 7) is 11.6. The maximum absolute atomic E-state index is 13.3. The third-order valence-corrected chi connectivity index (χ3v) is 8.45. The summed E-state index contributed by atoms with van der Waals surface area (Å²) in [5, 5.41) is 0.832. The first kappa shape index (κ1) is 27.9. The Balaban J connectivity index is 0.00000342. The number of carbonyl (C=O) groups is 1. The van der Waals surface area contributed by atoms with E-state index in [9.17, 15) is 4.79 Å². The van der Waals surface area contributed by atoms with Crippen molar-refractivity contribution in [2.24, 2.45) is 0 Å². The van der Waals surface area contributed by atoms with E-state index in [1.807, 2.05) is 16.7 Å². The Kier molecular flexibility index (Phi) is 10.9. The molecule has 1 saturated heterocycles. The van der Waals surface area contributed by atoms with Crippen molar-refractivity contribution in [3.05, 3.63) is 53.1 Å². The highest BCUT2D eigenvalue weighted by Gasteiger charge is 2.20. The number of benzene rings is 2. The van der Waals surface area contributed by atoms with E-state index in [1.165, 1.54) is 21.6 Å². The average Bonchev–Trinajstić information content (AvgIpc) is 3.23. The lowest BCUT2D eigenvalue weighted by Crippen LogP contribution is -2.39. The number of aromatic nitrogens is 1. The molecule has 35 heavy (non-hydrogen) atoms. The van der Waals surface area contributed by atoms with Gasteiger partial charge in [-0.15, -0.1) is 24.2 Å². The van der Waals surface area contributed by atoms with Crippen molar-refractivity contribution in [3.8, 4) is 0 Å². The van der Waals surface area contributed by atoms with Gasteiger partial charge in [-0.2, -0.15) is 0 Å². The van der Waals surface area contributed by atoms with Crippen LogP contribution in [-0.2, 0) is 9.53 Å². The number of carbonyl (C=O) groups excluding carboxylic acids is 1. The SMILES string of the molecule is Cc1ccc(SCCCC(=O)N(CCCN2CCOCC2)c2nc3cc(C)c(C)cc3s2)cc1.Cl. The molecule has 0 bridgehead atoms. The molecule has 0 spiro atoms. The van der Waals surface area contributed by atoms with Gasteiger partial charge in [0.05, 0.1) is 23.4 Å². The van der Waals surface area contributed by atoms with Crippen molar-refractivity contribution in [1.29, 1.82) is 0 Å². The number of morpholine rings is 1. The molecule has 0 N–H and O–H groups in total. The molecule has 0 radical (unpaired) electrons. The van der Waals surface area contributed by atoms with Crippen LogP contribution in [0, 0.1) is 20.8 Å². The van der Waals surface area contributed by atoms with Gasteiger partial charge in [0.2, 0.25) is 5.91 Å². The van der Waals surface area contributed by atoms with Gasteiger partial charge >= 0.3 is 0 Å². The van der Waals surface area contributed by atoms with Crippen LogP contribution in [0.2, 0.25) is 0 Å². The van der Waals surface area contributed by atoms with E-state index in [0.29, 0.717) is 13.0 Å².